The molecule has 2 bridgehead atoms. The Morgan fingerprint density at radius 3 is 2.71 bits per heavy atom. The standard InChI is InChI=1S/C10H13ClN4OS/c11-10-14-13-9(17-10)8(16)12-7-5-15-3-1-6(7)2-4-15/h6-7H,1-5H2,(H,12,16). The highest BCUT2D eigenvalue weighted by molar-refractivity contribution is 7.17. The summed E-state index contributed by atoms with van der Waals surface area (Å²) in [6, 6.07) is 0.257. The molecule has 4 heterocycles. The quantitative estimate of drug-likeness (QED) is 0.873. The fourth-order valence-electron chi connectivity index (χ4n) is 2.66. The fourth-order valence-corrected chi connectivity index (χ4v) is 3.39. The molecule has 0 spiro atoms. The lowest BCUT2D eigenvalue weighted by molar-refractivity contribution is 0.0620. The molecule has 92 valence electrons. The highest BCUT2D eigenvalue weighted by Crippen LogP contribution is 2.27. The van der Waals surface area contributed by atoms with Crippen molar-refractivity contribution >= 4 is 28.8 Å². The van der Waals surface area contributed by atoms with Crippen LogP contribution in [0.5, 0.6) is 0 Å². The largest absolute Gasteiger partial charge is 0.346 e. The minimum Gasteiger partial charge on any atom is -0.346 e. The molecule has 1 aromatic rings. The van der Waals surface area contributed by atoms with Crippen LogP contribution in [0, 0.1) is 5.92 Å². The molecule has 17 heavy (non-hydrogen) atoms. The first kappa shape index (κ1) is 11.4. The molecule has 4 rings (SSSR count). The van der Waals surface area contributed by atoms with Crippen molar-refractivity contribution in [2.24, 2.45) is 5.92 Å². The zero-order chi connectivity index (χ0) is 11.8. The van der Waals surface area contributed by atoms with Crippen molar-refractivity contribution in [3.05, 3.63) is 9.47 Å². The van der Waals surface area contributed by atoms with Gasteiger partial charge in [0.25, 0.3) is 5.91 Å². The van der Waals surface area contributed by atoms with Gasteiger partial charge in [0.15, 0.2) is 0 Å². The van der Waals surface area contributed by atoms with E-state index in [-0.39, 0.29) is 11.9 Å². The number of carbonyl (C=O) groups is 1. The third-order valence-corrected chi connectivity index (χ3v) is 4.58. The van der Waals surface area contributed by atoms with Crippen LogP contribution in [0.1, 0.15) is 22.6 Å². The Morgan fingerprint density at radius 1 is 1.41 bits per heavy atom. The summed E-state index contributed by atoms with van der Waals surface area (Å²) < 4.78 is 0.309. The van der Waals surface area contributed by atoms with E-state index in [4.69, 9.17) is 11.6 Å². The molecule has 3 saturated heterocycles. The molecule has 3 fully saturated rings. The second kappa shape index (κ2) is 4.51. The van der Waals surface area contributed by atoms with E-state index in [2.05, 4.69) is 20.4 Å². The smallest absolute Gasteiger partial charge is 0.282 e. The molecule has 1 amide bonds. The zero-order valence-electron chi connectivity index (χ0n) is 9.23. The lowest BCUT2D eigenvalue weighted by atomic mass is 9.84. The Bertz CT molecular complexity index is 430. The van der Waals surface area contributed by atoms with Crippen molar-refractivity contribution < 1.29 is 4.79 Å². The van der Waals surface area contributed by atoms with Gasteiger partial charge in [0.1, 0.15) is 0 Å². The summed E-state index contributed by atoms with van der Waals surface area (Å²) in [4.78, 5) is 14.3. The van der Waals surface area contributed by atoms with Crippen molar-refractivity contribution in [1.82, 2.24) is 20.4 Å². The van der Waals surface area contributed by atoms with E-state index in [1.807, 2.05) is 0 Å². The fraction of sp³-hybridized carbons (Fsp3) is 0.700. The van der Waals surface area contributed by atoms with Gasteiger partial charge in [0, 0.05) is 12.6 Å². The van der Waals surface area contributed by atoms with Crippen LogP contribution in [0.3, 0.4) is 0 Å². The summed E-state index contributed by atoms with van der Waals surface area (Å²) in [5.74, 6) is 0.473. The van der Waals surface area contributed by atoms with Gasteiger partial charge in [-0.25, -0.2) is 0 Å². The summed E-state index contributed by atoms with van der Waals surface area (Å²) in [5.41, 5.74) is 0. The summed E-state index contributed by atoms with van der Waals surface area (Å²) in [5, 5.41) is 10.8. The number of piperidine rings is 3. The number of halogens is 1. The van der Waals surface area contributed by atoms with Crippen molar-refractivity contribution in [3.63, 3.8) is 0 Å². The van der Waals surface area contributed by atoms with Crippen LogP contribution in [0.2, 0.25) is 4.47 Å². The van der Waals surface area contributed by atoms with Crippen LogP contribution in [0.15, 0.2) is 0 Å². The molecular formula is C10H13ClN4OS. The molecule has 1 N–H and O–H groups in total. The van der Waals surface area contributed by atoms with Gasteiger partial charge < -0.3 is 10.2 Å². The maximum atomic E-state index is 11.9. The van der Waals surface area contributed by atoms with Crippen LogP contribution in [0.4, 0.5) is 0 Å². The first-order chi connectivity index (χ1) is 8.22. The number of rotatable bonds is 2. The zero-order valence-corrected chi connectivity index (χ0v) is 10.8. The maximum absolute atomic E-state index is 11.9. The summed E-state index contributed by atoms with van der Waals surface area (Å²) in [7, 11) is 0. The first-order valence-electron chi connectivity index (χ1n) is 5.74. The molecule has 0 radical (unpaired) electrons. The van der Waals surface area contributed by atoms with Crippen LogP contribution in [-0.4, -0.2) is 46.7 Å². The first-order valence-corrected chi connectivity index (χ1v) is 6.94. The van der Waals surface area contributed by atoms with Crippen molar-refractivity contribution in [2.45, 2.75) is 18.9 Å². The molecular weight excluding hydrogens is 260 g/mol. The van der Waals surface area contributed by atoms with Gasteiger partial charge in [-0.05, 0) is 43.5 Å². The summed E-state index contributed by atoms with van der Waals surface area (Å²) in [6.45, 7) is 3.30. The van der Waals surface area contributed by atoms with Gasteiger partial charge in [0.2, 0.25) is 9.47 Å². The number of aromatic nitrogens is 2. The van der Waals surface area contributed by atoms with Gasteiger partial charge in [-0.3, -0.25) is 4.79 Å². The molecule has 1 atom stereocenters. The second-order valence-corrected chi connectivity index (χ2v) is 6.14. The number of amides is 1. The monoisotopic (exact) mass is 272 g/mol. The molecule has 5 nitrogen and oxygen atoms in total. The molecule has 3 aliphatic rings. The molecule has 1 aromatic heterocycles. The lowest BCUT2D eigenvalue weighted by Gasteiger charge is -2.44. The SMILES string of the molecule is O=C(NC1CN2CCC1CC2)c1nnc(Cl)s1. The summed E-state index contributed by atoms with van der Waals surface area (Å²) in [6.07, 6.45) is 2.36. The van der Waals surface area contributed by atoms with Crippen molar-refractivity contribution in [1.29, 1.82) is 0 Å². The Kier molecular flexibility index (Phi) is 3.02. The third-order valence-electron chi connectivity index (χ3n) is 3.57. The van der Waals surface area contributed by atoms with E-state index in [0.717, 1.165) is 17.9 Å². The average Bonchev–Trinajstić information content (AvgIpc) is 2.77. The van der Waals surface area contributed by atoms with E-state index < -0.39 is 0 Å². The van der Waals surface area contributed by atoms with Crippen LogP contribution < -0.4 is 5.32 Å². The van der Waals surface area contributed by atoms with E-state index in [0.29, 0.717) is 15.4 Å². The minimum absolute atomic E-state index is 0.145. The van der Waals surface area contributed by atoms with Gasteiger partial charge >= 0.3 is 0 Å². The predicted octanol–water partition coefficient (Wildman–Crippen LogP) is 1.02. The summed E-state index contributed by atoms with van der Waals surface area (Å²) >= 11 is 6.79. The van der Waals surface area contributed by atoms with E-state index >= 15 is 0 Å². The molecule has 0 aliphatic carbocycles. The van der Waals surface area contributed by atoms with Crippen LogP contribution >= 0.6 is 22.9 Å². The van der Waals surface area contributed by atoms with Gasteiger partial charge in [-0.2, -0.15) is 0 Å². The van der Waals surface area contributed by atoms with Crippen molar-refractivity contribution in [2.75, 3.05) is 19.6 Å². The lowest BCUT2D eigenvalue weighted by Crippen LogP contribution is -2.57. The third kappa shape index (κ3) is 2.29. The van der Waals surface area contributed by atoms with Gasteiger partial charge in [0.05, 0.1) is 0 Å². The number of carbonyl (C=O) groups excluding carboxylic acids is 1. The highest BCUT2D eigenvalue weighted by atomic mass is 35.5. The number of hydrogen-bond acceptors (Lipinski definition) is 5. The van der Waals surface area contributed by atoms with Crippen LogP contribution in [-0.2, 0) is 0 Å². The van der Waals surface area contributed by atoms with E-state index in [9.17, 15) is 4.79 Å². The maximum Gasteiger partial charge on any atom is 0.282 e. The highest BCUT2D eigenvalue weighted by Gasteiger charge is 2.35. The Balaban J connectivity index is 1.65. The number of nitrogens with zero attached hydrogens (tertiary/aromatic N) is 3. The molecule has 7 heteroatoms. The Labute approximate surface area is 108 Å². The minimum atomic E-state index is -0.145. The second-order valence-electron chi connectivity index (χ2n) is 4.58. The van der Waals surface area contributed by atoms with Crippen LogP contribution in [0.25, 0.3) is 0 Å². The average molecular weight is 273 g/mol. The normalized spacial score (nSPS) is 31.5. The van der Waals surface area contributed by atoms with Crippen molar-refractivity contribution in [3.8, 4) is 0 Å². The van der Waals surface area contributed by atoms with Gasteiger partial charge in [-0.1, -0.05) is 11.3 Å². The van der Waals surface area contributed by atoms with E-state index in [1.165, 1.54) is 25.9 Å². The molecule has 0 saturated carbocycles. The predicted molar refractivity (Wildman–Crippen MR) is 65.3 cm³/mol. The number of nitrogens with one attached hydrogen (secondary N) is 1. The Hall–Kier alpha value is -0.720. The Morgan fingerprint density at radius 2 is 2.18 bits per heavy atom. The number of hydrogen-bond donors (Lipinski definition) is 1. The molecule has 1 unspecified atom stereocenters. The van der Waals surface area contributed by atoms with E-state index in [1.54, 1.807) is 0 Å². The number of fused-ring (bicyclic) bond motifs is 3. The molecule has 0 aromatic carbocycles. The van der Waals surface area contributed by atoms with Gasteiger partial charge in [-0.15, -0.1) is 10.2 Å². The topological polar surface area (TPSA) is 58.1 Å². The molecule has 3 aliphatic heterocycles.